The van der Waals surface area contributed by atoms with E-state index in [9.17, 15) is 10.5 Å². The smallest absolute Gasteiger partial charge is 0.495 e. The second-order valence-corrected chi connectivity index (χ2v) is 37.5. The molecule has 0 N–H and O–H groups in total. The predicted molar refractivity (Wildman–Crippen MR) is 545 cm³/mol. The van der Waals surface area contributed by atoms with E-state index in [-0.39, 0.29) is 126 Å². The van der Waals surface area contributed by atoms with Crippen molar-refractivity contribution in [3.63, 3.8) is 0 Å². The molecule has 4 aromatic carbocycles. The van der Waals surface area contributed by atoms with E-state index in [1.165, 1.54) is 103 Å². The summed E-state index contributed by atoms with van der Waals surface area (Å²) in [6, 6.07) is 29.3. The Hall–Kier alpha value is -12.3. The Morgan fingerprint density at radius 3 is 1.05 bits per heavy atom. The van der Waals surface area contributed by atoms with Crippen LogP contribution in [0.4, 0.5) is 5.69 Å². The van der Waals surface area contributed by atoms with Crippen molar-refractivity contribution in [2.75, 3.05) is 28.4 Å². The standard InChI is InChI=1S/C60H52N12.C52H80N8O4.2Fe/c1-29(2)37-19-15-33(9)23-41(37)47-45(27-61)54-66-55(47)65-53-46(28-62)48(42-24-34(10)16-20-38(42)30(3)4)56(67-53)69-59-52(64-14)50(44-26-36(12)18-22-40(44)32(7)8)58(71-59)72-60-51(63-13)49(57(68-54)70-60)43-25-35(11)17-21-39(43)31(5)6;1-9-13-17-21-25-29-33-37-41(61-5)49-53-45(37)57-50-42(62-6)38(34-30-26-22-18-14-10-2)47(54-50)59-52-44(64-8)40(36-32-28-24-20-16-12-4)48(56-52)60-51-43(63-7)39(46(55-51)58-49)35-31-27-23-19-15-11-3;;/h15-26,29-32H,1-12H3;9-36H2,1-8H3;;/q2*-2;2*+2. The SMILES string of the molecule is CCCCCCCCC1=C(OC)c2nc1nc1[n-]c(nc3nc(nc4[n-]c(n2)c(CCCCCCCC)c4OC)C(CCCCCCCC)=C3OC)c(CCCCCCCC)c1OC.[C-]#[N+]C1=C(c2cc(C)ccc2C(C)C)c2nc1nc1[n-]c(nc3nc(nc4[n-]c(n2)c(C#N)c4-c2cc(C)ccc2C(C)C)C(C#N)=C3c2cc(C)ccc2C(C)C)c([N+]#[C-])c1-c1cc(C)ccc1C(C)C.[Fe+2].[Fe+2]. The van der Waals surface area contributed by atoms with Crippen molar-refractivity contribution in [2.24, 2.45) is 0 Å². The molecule has 0 spiro atoms. The van der Waals surface area contributed by atoms with Crippen LogP contribution in [0.3, 0.4) is 0 Å². The first-order chi connectivity index (χ1) is 65.9. The maximum absolute atomic E-state index is 11.3. The number of nitrogens with zero attached hydrogens (tertiary/aromatic N) is 20. The van der Waals surface area contributed by atoms with Crippen LogP contribution in [0.5, 0.6) is 11.5 Å². The maximum Gasteiger partial charge on any atom is 2.00 e. The Morgan fingerprint density at radius 1 is 0.326 bits per heavy atom. The summed E-state index contributed by atoms with van der Waals surface area (Å²) in [4.78, 5) is 90.7. The van der Waals surface area contributed by atoms with Gasteiger partial charge in [0.1, 0.15) is 41.1 Å². The minimum atomic E-state index is 0. The Bertz CT molecular complexity index is 6360. The summed E-state index contributed by atoms with van der Waals surface area (Å²) < 4.78 is 24.8. The molecule has 0 radical (unpaired) electrons. The van der Waals surface area contributed by atoms with Gasteiger partial charge in [0.2, 0.25) is 11.4 Å². The minimum Gasteiger partial charge on any atom is -0.495 e. The number of benzene rings is 4. The summed E-state index contributed by atoms with van der Waals surface area (Å²) in [5.41, 5.74) is 18.6. The average molecular weight is 1930 g/mol. The van der Waals surface area contributed by atoms with Crippen molar-refractivity contribution in [1.82, 2.24) is 79.7 Å². The molecule has 0 saturated carbocycles. The van der Waals surface area contributed by atoms with Gasteiger partial charge in [-0.05, 0) is 147 Å². The zero-order chi connectivity index (χ0) is 97.0. The quantitative estimate of drug-likeness (QED) is 0.0196. The number of ether oxygens (including phenoxy) is 4. The summed E-state index contributed by atoms with van der Waals surface area (Å²) in [5, 5.41) is 22.7. The molecule has 0 unspecified atom stereocenters. The van der Waals surface area contributed by atoms with Crippen LogP contribution >= 0.6 is 0 Å². The van der Waals surface area contributed by atoms with Crippen LogP contribution < -0.4 is 29.4 Å². The first-order valence-corrected chi connectivity index (χ1v) is 49.4. The number of fused-ring (bicyclic) bond motifs is 16. The largest absolute Gasteiger partial charge is 2.00 e. The van der Waals surface area contributed by atoms with Gasteiger partial charge in [-0.3, -0.25) is 4.98 Å². The number of allylic oxidation sites excluding steroid dienone is 3. The van der Waals surface area contributed by atoms with Gasteiger partial charge in [0, 0.05) is 78.4 Å². The molecule has 6 aromatic heterocycles. The summed E-state index contributed by atoms with van der Waals surface area (Å²) in [5.74, 6) is 4.78. The van der Waals surface area contributed by atoms with Crippen molar-refractivity contribution in [3.05, 3.63) is 215 Å². The molecule has 0 fully saturated rings. The van der Waals surface area contributed by atoms with Gasteiger partial charge in [-0.15, -0.1) is 0 Å². The van der Waals surface area contributed by atoms with Crippen LogP contribution in [-0.4, -0.2) is 88.2 Å². The summed E-state index contributed by atoms with van der Waals surface area (Å²) in [7, 11) is 6.77. The fourth-order valence-electron chi connectivity index (χ4n) is 18.7. The van der Waals surface area contributed by atoms with Crippen LogP contribution in [0.1, 0.15) is 393 Å². The predicted octanol–water partition coefficient (Wildman–Crippen LogP) is 27.5. The number of unbranched alkanes of at least 4 members (excludes halogenated alkanes) is 20. The third-order valence-corrected chi connectivity index (χ3v) is 25.9. The molecule has 4 aliphatic heterocycles. The van der Waals surface area contributed by atoms with Gasteiger partial charge < -0.3 is 78.8 Å². The molecule has 4 aliphatic rings. The van der Waals surface area contributed by atoms with E-state index in [2.05, 4.69) is 117 Å². The molecule has 16 bridgehead atoms. The Kier molecular flexibility index (Phi) is 38.3. The summed E-state index contributed by atoms with van der Waals surface area (Å²) >= 11 is 0. The zero-order valence-electron chi connectivity index (χ0n) is 84.3. The van der Waals surface area contributed by atoms with Crippen molar-refractivity contribution in [2.45, 2.75) is 314 Å². The molecule has 0 saturated heterocycles. The van der Waals surface area contributed by atoms with Crippen molar-refractivity contribution in [1.29, 1.82) is 10.5 Å². The first-order valence-electron chi connectivity index (χ1n) is 49.4. The molecule has 0 atom stereocenters. The first kappa shape index (κ1) is 106. The molecule has 138 heavy (non-hydrogen) atoms. The Balaban J connectivity index is 0.000000263. The average Bonchev–Trinajstić information content (AvgIpc) is 1.62. The molecule has 14 rings (SSSR count). The van der Waals surface area contributed by atoms with E-state index >= 15 is 0 Å². The summed E-state index contributed by atoms with van der Waals surface area (Å²) in [6.07, 6.45) is 30.8. The van der Waals surface area contributed by atoms with Crippen LogP contribution in [0.2, 0.25) is 0 Å². The van der Waals surface area contributed by atoms with Gasteiger partial charge in [0.25, 0.3) is 0 Å². The number of hydrogen-bond donors (Lipinski definition) is 0. The molecule has 720 valence electrons. The second kappa shape index (κ2) is 49.8. The van der Waals surface area contributed by atoms with E-state index < -0.39 is 0 Å². The number of rotatable bonds is 40. The number of aromatic nitrogens is 16. The van der Waals surface area contributed by atoms with Gasteiger partial charge in [-0.2, -0.15) is 10.5 Å². The molecule has 24 nitrogen and oxygen atoms in total. The monoisotopic (exact) mass is 1930 g/mol. The fraction of sp³-hybridized carbons (Fsp3) is 0.464. The molecule has 26 heteroatoms. The minimum absolute atomic E-state index is 0. The maximum atomic E-state index is 11.3. The number of hydrogen-bond acceptors (Lipinski definition) is 18. The van der Waals surface area contributed by atoms with Gasteiger partial charge in [-0.25, -0.2) is 24.6 Å². The van der Waals surface area contributed by atoms with E-state index in [1.54, 1.807) is 28.4 Å². The molecule has 10 aromatic rings. The van der Waals surface area contributed by atoms with Crippen LogP contribution in [0.25, 0.3) is 122 Å². The van der Waals surface area contributed by atoms with Crippen LogP contribution in [0, 0.1) is 63.5 Å². The summed E-state index contributed by atoms with van der Waals surface area (Å²) in [6.45, 7) is 51.3. The van der Waals surface area contributed by atoms with Crippen LogP contribution in [-0.2, 0) is 56.5 Å². The molecule has 10 heterocycles. The van der Waals surface area contributed by atoms with Crippen molar-refractivity contribution >= 4 is 95.9 Å². The van der Waals surface area contributed by atoms with Crippen molar-refractivity contribution in [3.8, 4) is 45.9 Å². The number of nitriles is 2. The van der Waals surface area contributed by atoms with Gasteiger partial charge in [0.05, 0.1) is 93.1 Å². The van der Waals surface area contributed by atoms with E-state index in [0.717, 1.165) is 166 Å². The Morgan fingerprint density at radius 2 is 0.652 bits per heavy atom. The van der Waals surface area contributed by atoms with Gasteiger partial charge in [0.15, 0.2) is 11.5 Å². The molecular formula is C112H132Fe2N20O4. The topological polar surface area (TPSA) is 304 Å². The number of aryl methyl sites for hydroxylation is 6. The molecule has 0 aliphatic carbocycles. The van der Waals surface area contributed by atoms with E-state index in [4.69, 9.17) is 112 Å². The zero-order valence-corrected chi connectivity index (χ0v) is 86.5. The van der Waals surface area contributed by atoms with Crippen molar-refractivity contribution < 1.29 is 53.1 Å². The van der Waals surface area contributed by atoms with E-state index in [0.29, 0.717) is 91.2 Å². The van der Waals surface area contributed by atoms with E-state index in [1.807, 2.05) is 88.4 Å². The fourth-order valence-corrected chi connectivity index (χ4v) is 18.7. The normalized spacial score (nSPS) is 12.4. The molecular weight excluding hydrogens is 1800 g/mol. The third-order valence-electron chi connectivity index (χ3n) is 25.9. The van der Waals surface area contributed by atoms with Crippen LogP contribution in [0.15, 0.2) is 72.8 Å². The second-order valence-electron chi connectivity index (χ2n) is 37.5. The van der Waals surface area contributed by atoms with Gasteiger partial charge >= 0.3 is 34.1 Å². The molecule has 0 amide bonds. The van der Waals surface area contributed by atoms with Gasteiger partial charge in [-0.1, -0.05) is 307 Å². The Labute approximate surface area is 836 Å². The third kappa shape index (κ3) is 23.8. The number of methoxy groups -OCH3 is 4.